The highest BCUT2D eigenvalue weighted by Gasteiger charge is 2.33. The Bertz CT molecular complexity index is 725. The van der Waals surface area contributed by atoms with Crippen molar-refractivity contribution in [3.8, 4) is 0 Å². The first-order valence-corrected chi connectivity index (χ1v) is 9.64. The van der Waals surface area contributed by atoms with Crippen LogP contribution in [0.25, 0.3) is 10.2 Å². The fourth-order valence-electron chi connectivity index (χ4n) is 3.71. The number of fused-ring (bicyclic) bond motifs is 1. The number of aromatic nitrogens is 1. The van der Waals surface area contributed by atoms with Crippen LogP contribution in [0.3, 0.4) is 0 Å². The van der Waals surface area contributed by atoms with Gasteiger partial charge in [-0.25, -0.2) is 4.98 Å². The van der Waals surface area contributed by atoms with Crippen LogP contribution < -0.4 is 10.6 Å². The highest BCUT2D eigenvalue weighted by Crippen LogP contribution is 2.38. The Morgan fingerprint density at radius 1 is 1.19 bits per heavy atom. The van der Waals surface area contributed by atoms with Crippen molar-refractivity contribution in [3.63, 3.8) is 0 Å². The fourth-order valence-corrected chi connectivity index (χ4v) is 4.85. The van der Waals surface area contributed by atoms with Gasteiger partial charge in [-0.3, -0.25) is 4.79 Å². The number of nitrogens with one attached hydrogen (secondary N) is 2. The van der Waals surface area contributed by atoms with Gasteiger partial charge >= 0.3 is 0 Å². The van der Waals surface area contributed by atoms with Crippen molar-refractivity contribution < 1.29 is 4.79 Å². The van der Waals surface area contributed by atoms with Crippen LogP contribution in [0, 0.1) is 5.92 Å². The van der Waals surface area contributed by atoms with Gasteiger partial charge in [-0.2, -0.15) is 0 Å². The Kier molecular flexibility index (Phi) is 7.89. The molecule has 2 unspecified atom stereocenters. The molecule has 1 saturated heterocycles. The van der Waals surface area contributed by atoms with Crippen LogP contribution in [-0.4, -0.2) is 30.0 Å². The van der Waals surface area contributed by atoms with E-state index in [0.717, 1.165) is 49.3 Å². The van der Waals surface area contributed by atoms with E-state index in [2.05, 4.69) is 34.9 Å². The lowest BCUT2D eigenvalue weighted by Crippen LogP contribution is -2.48. The van der Waals surface area contributed by atoms with Crippen LogP contribution in [0.15, 0.2) is 36.4 Å². The van der Waals surface area contributed by atoms with E-state index in [-0.39, 0.29) is 48.6 Å². The molecule has 2 N–H and O–H groups in total. The molecule has 1 fully saturated rings. The van der Waals surface area contributed by atoms with Gasteiger partial charge in [-0.15, -0.1) is 36.2 Å². The van der Waals surface area contributed by atoms with Gasteiger partial charge in [0.25, 0.3) is 0 Å². The number of hydrogen-bond acceptors (Lipinski definition) is 4. The summed E-state index contributed by atoms with van der Waals surface area (Å²) in [5.74, 6) is 0.388. The zero-order valence-corrected chi connectivity index (χ0v) is 17.0. The van der Waals surface area contributed by atoms with Crippen molar-refractivity contribution in [1.82, 2.24) is 15.6 Å². The first-order chi connectivity index (χ1) is 11.8. The van der Waals surface area contributed by atoms with E-state index >= 15 is 0 Å². The summed E-state index contributed by atoms with van der Waals surface area (Å²) < 4.78 is 1.21. The van der Waals surface area contributed by atoms with Crippen LogP contribution >= 0.6 is 36.2 Å². The molecule has 1 aliphatic carbocycles. The first kappa shape index (κ1) is 21.2. The normalized spacial score (nSPS) is 25.2. The van der Waals surface area contributed by atoms with Gasteiger partial charge in [0, 0.05) is 18.5 Å². The Morgan fingerprint density at radius 3 is 2.77 bits per heavy atom. The number of carbonyl (C=O) groups excluding carboxylic acids is 1. The molecule has 1 amide bonds. The number of piperidine rings is 1. The molecule has 0 saturated carbocycles. The molecule has 1 aromatic carbocycles. The minimum Gasteiger partial charge on any atom is -0.352 e. The van der Waals surface area contributed by atoms with E-state index in [1.165, 1.54) is 4.70 Å². The van der Waals surface area contributed by atoms with E-state index in [0.29, 0.717) is 0 Å². The van der Waals surface area contributed by atoms with E-state index < -0.39 is 0 Å². The molecule has 26 heavy (non-hydrogen) atoms. The van der Waals surface area contributed by atoms with Gasteiger partial charge in [0.05, 0.1) is 21.1 Å². The summed E-state index contributed by atoms with van der Waals surface area (Å²) in [5, 5.41) is 7.73. The standard InChI is InChI=1S/C19H23N3OS.2ClH/c23-18(21-13-6-5-11-20-12-13)14-7-1-2-8-15(14)19-22-16-9-3-4-10-17(16)24-19;;/h1-4,9-10,13-15,20H,5-8,11-12H2,(H,21,23);2*1H/t13-,14?,15?;;/m0../s1. The highest BCUT2D eigenvalue weighted by molar-refractivity contribution is 7.18. The maximum Gasteiger partial charge on any atom is 0.224 e. The van der Waals surface area contributed by atoms with Gasteiger partial charge in [0.15, 0.2) is 0 Å². The summed E-state index contributed by atoms with van der Waals surface area (Å²) in [4.78, 5) is 17.7. The van der Waals surface area contributed by atoms with Crippen molar-refractivity contribution in [2.24, 2.45) is 5.92 Å². The van der Waals surface area contributed by atoms with E-state index in [1.807, 2.05) is 12.1 Å². The summed E-state index contributed by atoms with van der Waals surface area (Å²) in [5.41, 5.74) is 1.04. The molecule has 4 rings (SSSR count). The minimum atomic E-state index is -0.00233. The van der Waals surface area contributed by atoms with Crippen LogP contribution in [0.2, 0.25) is 0 Å². The van der Waals surface area contributed by atoms with Crippen molar-refractivity contribution in [3.05, 3.63) is 41.4 Å². The van der Waals surface area contributed by atoms with Crippen LogP contribution in [0.4, 0.5) is 0 Å². The first-order valence-electron chi connectivity index (χ1n) is 8.83. The number of carbonyl (C=O) groups is 1. The van der Waals surface area contributed by atoms with E-state index in [1.54, 1.807) is 11.3 Å². The molecule has 2 aliphatic rings. The molecule has 0 bridgehead atoms. The smallest absolute Gasteiger partial charge is 0.224 e. The number of amides is 1. The van der Waals surface area contributed by atoms with Gasteiger partial charge in [0.2, 0.25) is 5.91 Å². The number of nitrogens with zero attached hydrogens (tertiary/aromatic N) is 1. The second-order valence-electron chi connectivity index (χ2n) is 6.73. The molecule has 2 heterocycles. The molecule has 1 aliphatic heterocycles. The number of allylic oxidation sites excluding steroid dienone is 2. The third kappa shape index (κ3) is 4.58. The number of hydrogen-bond donors (Lipinski definition) is 2. The lowest BCUT2D eigenvalue weighted by atomic mass is 9.82. The van der Waals surface area contributed by atoms with Gasteiger partial charge in [-0.05, 0) is 44.4 Å². The summed E-state index contributed by atoms with van der Waals surface area (Å²) in [6.07, 6.45) is 8.27. The molecule has 0 radical (unpaired) electrons. The Morgan fingerprint density at radius 2 is 2.00 bits per heavy atom. The number of halogens is 2. The quantitative estimate of drug-likeness (QED) is 0.745. The zero-order chi connectivity index (χ0) is 16.4. The largest absolute Gasteiger partial charge is 0.352 e. The van der Waals surface area contributed by atoms with Crippen molar-refractivity contribution >= 4 is 52.3 Å². The van der Waals surface area contributed by atoms with Crippen LogP contribution in [-0.2, 0) is 4.79 Å². The highest BCUT2D eigenvalue weighted by atomic mass is 35.5. The molecule has 3 atom stereocenters. The average Bonchev–Trinajstić information content (AvgIpc) is 3.06. The van der Waals surface area contributed by atoms with Gasteiger partial charge in [-0.1, -0.05) is 24.3 Å². The van der Waals surface area contributed by atoms with Crippen molar-refractivity contribution in [1.29, 1.82) is 0 Å². The molecule has 0 spiro atoms. The van der Waals surface area contributed by atoms with E-state index in [4.69, 9.17) is 4.98 Å². The minimum absolute atomic E-state index is 0. The Hall–Kier alpha value is -1.14. The number of benzene rings is 1. The van der Waals surface area contributed by atoms with Crippen LogP contribution in [0.1, 0.15) is 36.6 Å². The SMILES string of the molecule is Cl.Cl.O=C(N[C@H]1CCCNC1)C1CC=CCC1c1nc2ccccc2s1. The van der Waals surface area contributed by atoms with E-state index in [9.17, 15) is 4.79 Å². The molecular formula is C19H25Cl2N3OS. The van der Waals surface area contributed by atoms with Crippen molar-refractivity contribution in [2.75, 3.05) is 13.1 Å². The Labute approximate surface area is 170 Å². The molecular weight excluding hydrogens is 389 g/mol. The molecule has 1 aromatic heterocycles. The third-order valence-corrected chi connectivity index (χ3v) is 6.21. The monoisotopic (exact) mass is 413 g/mol. The summed E-state index contributed by atoms with van der Waals surface area (Å²) in [6.45, 7) is 1.95. The predicted molar refractivity (Wildman–Crippen MR) is 113 cm³/mol. The van der Waals surface area contributed by atoms with Gasteiger partial charge in [0.1, 0.15) is 0 Å². The zero-order valence-electron chi connectivity index (χ0n) is 14.5. The molecule has 2 aromatic rings. The average molecular weight is 414 g/mol. The number of thiazole rings is 1. The summed E-state index contributed by atoms with van der Waals surface area (Å²) >= 11 is 1.73. The molecule has 7 heteroatoms. The second kappa shape index (κ2) is 9.70. The topological polar surface area (TPSA) is 54.0 Å². The predicted octanol–water partition coefficient (Wildman–Crippen LogP) is 4.06. The number of para-hydroxylation sites is 1. The third-order valence-electron chi connectivity index (χ3n) is 5.04. The summed E-state index contributed by atoms with van der Waals surface area (Å²) in [7, 11) is 0. The van der Waals surface area contributed by atoms with Crippen LogP contribution in [0.5, 0.6) is 0 Å². The van der Waals surface area contributed by atoms with Crippen molar-refractivity contribution in [2.45, 2.75) is 37.6 Å². The molecule has 4 nitrogen and oxygen atoms in total. The molecule has 142 valence electrons. The maximum absolute atomic E-state index is 12.9. The number of rotatable bonds is 3. The second-order valence-corrected chi connectivity index (χ2v) is 7.79. The fraction of sp³-hybridized carbons (Fsp3) is 0.474. The Balaban J connectivity index is 0.00000121. The van der Waals surface area contributed by atoms with Gasteiger partial charge < -0.3 is 10.6 Å². The summed E-state index contributed by atoms with van der Waals surface area (Å²) in [6, 6.07) is 8.50. The lowest BCUT2D eigenvalue weighted by molar-refractivity contribution is -0.126. The maximum atomic E-state index is 12.9. The lowest BCUT2D eigenvalue weighted by Gasteiger charge is -2.30.